The molecule has 1 atom stereocenters. The minimum Gasteiger partial charge on any atom is -0.488 e. The zero-order valence-corrected chi connectivity index (χ0v) is 12.6. The summed E-state index contributed by atoms with van der Waals surface area (Å²) >= 11 is 0. The average molecular weight is 267 g/mol. The van der Waals surface area contributed by atoms with E-state index in [1.165, 1.54) is 16.7 Å². The van der Waals surface area contributed by atoms with E-state index in [9.17, 15) is 0 Å². The topological polar surface area (TPSA) is 9.23 Å². The second-order valence-electron chi connectivity index (χ2n) is 5.60. The van der Waals surface area contributed by atoms with Crippen molar-refractivity contribution in [2.24, 2.45) is 0 Å². The highest BCUT2D eigenvalue weighted by molar-refractivity contribution is 5.45. The van der Waals surface area contributed by atoms with Gasteiger partial charge in [-0.25, -0.2) is 0 Å². The van der Waals surface area contributed by atoms with Crippen LogP contribution in [0.1, 0.15) is 49.3 Å². The number of hydrogen-bond acceptors (Lipinski definition) is 1. The second kappa shape index (κ2) is 6.60. The fourth-order valence-corrected chi connectivity index (χ4v) is 2.31. The molecule has 105 valence electrons. The van der Waals surface area contributed by atoms with Crippen molar-refractivity contribution in [3.63, 3.8) is 0 Å². The maximum absolute atomic E-state index is 6.14. The van der Waals surface area contributed by atoms with Crippen LogP contribution in [0.5, 0.6) is 5.75 Å². The Morgan fingerprint density at radius 3 is 2.15 bits per heavy atom. The molecule has 0 aliphatic heterocycles. The lowest BCUT2D eigenvalue weighted by Gasteiger charge is -2.20. The summed E-state index contributed by atoms with van der Waals surface area (Å²) in [6.07, 6.45) is 0. The highest BCUT2D eigenvalue weighted by atomic mass is 16.5. The van der Waals surface area contributed by atoms with E-state index < -0.39 is 0 Å². The average Bonchev–Trinajstić information content (AvgIpc) is 2.45. The predicted octanol–water partition coefficient (Wildman–Crippen LogP) is 5.33. The Balaban J connectivity index is 2.28. The summed E-state index contributed by atoms with van der Waals surface area (Å²) in [5.74, 6) is 1.67. The van der Waals surface area contributed by atoms with Crippen LogP contribution in [0.15, 0.2) is 48.5 Å². The van der Waals surface area contributed by atoms with Gasteiger partial charge >= 0.3 is 0 Å². The van der Waals surface area contributed by atoms with E-state index in [-0.39, 0.29) is 5.92 Å². The number of ether oxygens (including phenoxy) is 1. The molecule has 0 fully saturated rings. The van der Waals surface area contributed by atoms with Gasteiger partial charge in [-0.2, -0.15) is 0 Å². The monoisotopic (exact) mass is 267 g/mol. The van der Waals surface area contributed by atoms with Crippen LogP contribution in [0.4, 0.5) is 0 Å². The number of rotatable bonds is 5. The summed E-state index contributed by atoms with van der Waals surface area (Å²) in [5, 5.41) is 0. The van der Waals surface area contributed by atoms with Crippen LogP contribution in [-0.4, -0.2) is 0 Å². The van der Waals surface area contributed by atoms with Crippen LogP contribution in [0, 0.1) is 6.92 Å². The van der Waals surface area contributed by atoms with Gasteiger partial charge in [0.25, 0.3) is 0 Å². The smallest absolute Gasteiger partial charge is 0.126 e. The molecule has 0 amide bonds. The van der Waals surface area contributed by atoms with Gasteiger partial charge in [0.1, 0.15) is 12.4 Å². The van der Waals surface area contributed by atoms with Gasteiger partial charge in [-0.05, 0) is 35.4 Å². The standard InChI is InChI=1S/C19H23O/c1-14(2)17-11-8-12-18(15(3)4)19(17)20-13-16-9-6-5-7-10-16/h5-12,14-15H,1,13H2,2-4H3/t14-/m1/s1. The maximum atomic E-state index is 6.14. The minimum absolute atomic E-state index is 0.222. The van der Waals surface area contributed by atoms with E-state index in [0.29, 0.717) is 12.5 Å². The SMILES string of the molecule is [CH2][C@H](C)c1cccc(C(C)C)c1OCc1ccccc1. The Labute approximate surface area is 122 Å². The van der Waals surface area contributed by atoms with E-state index >= 15 is 0 Å². The molecule has 1 radical (unpaired) electrons. The molecule has 0 heterocycles. The number of para-hydroxylation sites is 1. The van der Waals surface area contributed by atoms with Crippen LogP contribution in [0.25, 0.3) is 0 Å². The first-order chi connectivity index (χ1) is 9.59. The molecule has 0 saturated heterocycles. The first-order valence-electron chi connectivity index (χ1n) is 7.22. The van der Waals surface area contributed by atoms with Crippen molar-refractivity contribution in [1.29, 1.82) is 0 Å². The van der Waals surface area contributed by atoms with Crippen molar-refractivity contribution in [2.75, 3.05) is 0 Å². The lowest BCUT2D eigenvalue weighted by Crippen LogP contribution is -2.04. The van der Waals surface area contributed by atoms with Crippen molar-refractivity contribution in [3.05, 3.63) is 72.1 Å². The van der Waals surface area contributed by atoms with Crippen molar-refractivity contribution in [1.82, 2.24) is 0 Å². The Morgan fingerprint density at radius 2 is 1.55 bits per heavy atom. The highest BCUT2D eigenvalue weighted by Crippen LogP contribution is 2.34. The molecule has 1 nitrogen and oxygen atoms in total. The molecule has 1 heteroatoms. The van der Waals surface area contributed by atoms with Crippen molar-refractivity contribution in [2.45, 2.75) is 39.2 Å². The normalized spacial score (nSPS) is 11.1. The largest absolute Gasteiger partial charge is 0.488 e. The fourth-order valence-electron chi connectivity index (χ4n) is 2.31. The molecule has 0 bridgehead atoms. The summed E-state index contributed by atoms with van der Waals surface area (Å²) < 4.78 is 6.14. The van der Waals surface area contributed by atoms with Crippen molar-refractivity contribution < 1.29 is 4.74 Å². The molecule has 0 saturated carbocycles. The lowest BCUT2D eigenvalue weighted by molar-refractivity contribution is 0.298. The van der Waals surface area contributed by atoms with Crippen LogP contribution < -0.4 is 4.74 Å². The molecular formula is C19H23O. The van der Waals surface area contributed by atoms with Gasteiger partial charge in [0.05, 0.1) is 0 Å². The van der Waals surface area contributed by atoms with Gasteiger partial charge in [-0.15, -0.1) is 0 Å². The maximum Gasteiger partial charge on any atom is 0.126 e. The minimum atomic E-state index is 0.222. The zero-order chi connectivity index (χ0) is 14.5. The lowest BCUT2D eigenvalue weighted by atomic mass is 9.94. The molecule has 2 aromatic rings. The van der Waals surface area contributed by atoms with Gasteiger partial charge < -0.3 is 4.74 Å². The first kappa shape index (κ1) is 14.6. The molecular weight excluding hydrogens is 244 g/mol. The molecule has 20 heavy (non-hydrogen) atoms. The van der Waals surface area contributed by atoms with Gasteiger partial charge in [0.2, 0.25) is 0 Å². The molecule has 0 aliphatic carbocycles. The van der Waals surface area contributed by atoms with Crippen molar-refractivity contribution >= 4 is 0 Å². The summed E-state index contributed by atoms with van der Waals surface area (Å²) in [6.45, 7) is 11.2. The number of hydrogen-bond donors (Lipinski definition) is 0. The van der Waals surface area contributed by atoms with E-state index in [4.69, 9.17) is 4.74 Å². The van der Waals surface area contributed by atoms with E-state index in [0.717, 1.165) is 5.75 Å². The van der Waals surface area contributed by atoms with Crippen LogP contribution >= 0.6 is 0 Å². The summed E-state index contributed by atoms with van der Waals surface area (Å²) in [4.78, 5) is 0. The van der Waals surface area contributed by atoms with E-state index in [1.807, 2.05) is 18.2 Å². The Bertz CT molecular complexity index is 515. The molecule has 0 aromatic heterocycles. The summed E-state index contributed by atoms with van der Waals surface area (Å²) in [6, 6.07) is 16.6. The van der Waals surface area contributed by atoms with Gasteiger partial charge in [0.15, 0.2) is 0 Å². The predicted molar refractivity (Wildman–Crippen MR) is 85.1 cm³/mol. The fraction of sp³-hybridized carbons (Fsp3) is 0.316. The van der Waals surface area contributed by atoms with Gasteiger partial charge in [0, 0.05) is 0 Å². The van der Waals surface area contributed by atoms with Crippen molar-refractivity contribution in [3.8, 4) is 5.75 Å². The van der Waals surface area contributed by atoms with Crippen LogP contribution in [-0.2, 0) is 6.61 Å². The zero-order valence-electron chi connectivity index (χ0n) is 12.6. The molecule has 0 unspecified atom stereocenters. The van der Waals surface area contributed by atoms with E-state index in [1.54, 1.807) is 0 Å². The highest BCUT2D eigenvalue weighted by Gasteiger charge is 2.14. The Morgan fingerprint density at radius 1 is 0.900 bits per heavy atom. The quantitative estimate of drug-likeness (QED) is 0.711. The third-order valence-electron chi connectivity index (χ3n) is 3.45. The molecule has 0 spiro atoms. The third-order valence-corrected chi connectivity index (χ3v) is 3.45. The Kier molecular flexibility index (Phi) is 4.84. The summed E-state index contributed by atoms with van der Waals surface area (Å²) in [7, 11) is 0. The second-order valence-corrected chi connectivity index (χ2v) is 5.60. The van der Waals surface area contributed by atoms with Gasteiger partial charge in [-0.1, -0.05) is 69.3 Å². The van der Waals surface area contributed by atoms with Gasteiger partial charge in [-0.3, -0.25) is 0 Å². The van der Waals surface area contributed by atoms with E-state index in [2.05, 4.69) is 58.0 Å². The third kappa shape index (κ3) is 3.41. The molecule has 2 aromatic carbocycles. The van der Waals surface area contributed by atoms with Crippen LogP contribution in [0.3, 0.4) is 0 Å². The number of benzene rings is 2. The van der Waals surface area contributed by atoms with Crippen LogP contribution in [0.2, 0.25) is 0 Å². The molecule has 2 rings (SSSR count). The molecule has 0 aliphatic rings. The summed E-state index contributed by atoms with van der Waals surface area (Å²) in [5.41, 5.74) is 3.63. The molecule has 0 N–H and O–H groups in total. The first-order valence-corrected chi connectivity index (χ1v) is 7.22. The Hall–Kier alpha value is -1.76.